The van der Waals surface area contributed by atoms with Crippen LogP contribution in [0.2, 0.25) is 5.02 Å². The van der Waals surface area contributed by atoms with Crippen molar-refractivity contribution in [3.63, 3.8) is 0 Å². The van der Waals surface area contributed by atoms with Gasteiger partial charge in [-0.15, -0.1) is 0 Å². The first-order valence-electron chi connectivity index (χ1n) is 10.8. The minimum absolute atomic E-state index is 0.0622. The molecule has 0 radical (unpaired) electrons. The molecular formula is C25H29ClN2O3. The van der Waals surface area contributed by atoms with E-state index < -0.39 is 11.4 Å². The lowest BCUT2D eigenvalue weighted by molar-refractivity contribution is -0.141. The SMILES string of the molecule is CC(=O)N(C)C1(c2ccccc2)CCN(C[C@@H]2C[C@@]2(C(=O)O)c2ccc(Cl)cc2)CC1. The van der Waals surface area contributed by atoms with Gasteiger partial charge in [0.15, 0.2) is 0 Å². The van der Waals surface area contributed by atoms with E-state index in [9.17, 15) is 14.7 Å². The highest BCUT2D eigenvalue weighted by Crippen LogP contribution is 2.55. The molecule has 0 aromatic heterocycles. The molecule has 0 bridgehead atoms. The summed E-state index contributed by atoms with van der Waals surface area (Å²) in [6, 6.07) is 17.5. The Labute approximate surface area is 188 Å². The highest BCUT2D eigenvalue weighted by Gasteiger charge is 2.61. The van der Waals surface area contributed by atoms with Crippen LogP contribution >= 0.6 is 11.6 Å². The van der Waals surface area contributed by atoms with Gasteiger partial charge in [0.1, 0.15) is 0 Å². The van der Waals surface area contributed by atoms with Gasteiger partial charge in [-0.25, -0.2) is 0 Å². The van der Waals surface area contributed by atoms with E-state index in [2.05, 4.69) is 17.0 Å². The second-order valence-corrected chi connectivity index (χ2v) is 9.40. The number of carbonyl (C=O) groups excluding carboxylic acids is 1. The van der Waals surface area contributed by atoms with Gasteiger partial charge in [0.05, 0.1) is 11.0 Å². The third kappa shape index (κ3) is 3.85. The van der Waals surface area contributed by atoms with Gasteiger partial charge < -0.3 is 14.9 Å². The molecule has 5 nitrogen and oxygen atoms in total. The number of likely N-dealkylation sites (tertiary alicyclic amines) is 1. The lowest BCUT2D eigenvalue weighted by Crippen LogP contribution is -2.53. The molecule has 1 saturated carbocycles. The first kappa shape index (κ1) is 21.8. The quantitative estimate of drug-likeness (QED) is 0.732. The van der Waals surface area contributed by atoms with Gasteiger partial charge in [-0.1, -0.05) is 54.1 Å². The number of piperidine rings is 1. The zero-order valence-corrected chi connectivity index (χ0v) is 18.8. The summed E-state index contributed by atoms with van der Waals surface area (Å²) in [5.74, 6) is -0.611. The number of benzene rings is 2. The summed E-state index contributed by atoms with van der Waals surface area (Å²) in [6.07, 6.45) is 2.32. The number of halogens is 1. The monoisotopic (exact) mass is 440 g/mol. The lowest BCUT2D eigenvalue weighted by atomic mass is 9.79. The summed E-state index contributed by atoms with van der Waals surface area (Å²) in [6.45, 7) is 4.04. The molecule has 1 aliphatic carbocycles. The Hall–Kier alpha value is -2.37. The second kappa shape index (κ2) is 8.29. The van der Waals surface area contributed by atoms with Crippen LogP contribution in [0.3, 0.4) is 0 Å². The Balaban J connectivity index is 1.48. The normalized spacial score (nSPS) is 25.1. The molecule has 6 heteroatoms. The van der Waals surface area contributed by atoms with Crippen molar-refractivity contribution >= 4 is 23.5 Å². The van der Waals surface area contributed by atoms with Crippen LogP contribution in [0.5, 0.6) is 0 Å². The van der Waals surface area contributed by atoms with Gasteiger partial charge in [-0.3, -0.25) is 9.59 Å². The third-order valence-corrected chi connectivity index (χ3v) is 7.69. The van der Waals surface area contributed by atoms with Crippen molar-refractivity contribution in [1.29, 1.82) is 0 Å². The summed E-state index contributed by atoms with van der Waals surface area (Å²) in [7, 11) is 1.89. The topological polar surface area (TPSA) is 60.9 Å². The Morgan fingerprint density at radius 2 is 1.68 bits per heavy atom. The first-order valence-corrected chi connectivity index (χ1v) is 11.2. The number of carbonyl (C=O) groups is 2. The highest BCUT2D eigenvalue weighted by molar-refractivity contribution is 6.30. The van der Waals surface area contributed by atoms with Gasteiger partial charge in [0.2, 0.25) is 5.91 Å². The molecule has 4 rings (SSSR count). The Morgan fingerprint density at radius 3 is 2.23 bits per heavy atom. The summed E-state index contributed by atoms with van der Waals surface area (Å²) in [4.78, 5) is 28.7. The van der Waals surface area contributed by atoms with Crippen LogP contribution in [0.25, 0.3) is 0 Å². The molecular weight excluding hydrogens is 412 g/mol. The van der Waals surface area contributed by atoms with Crippen LogP contribution in [-0.2, 0) is 20.5 Å². The number of hydrogen-bond acceptors (Lipinski definition) is 3. The number of hydrogen-bond donors (Lipinski definition) is 1. The third-order valence-electron chi connectivity index (χ3n) is 7.43. The van der Waals surface area contributed by atoms with E-state index in [1.165, 1.54) is 5.56 Å². The van der Waals surface area contributed by atoms with E-state index in [1.807, 2.05) is 42.3 Å². The standard InChI is InChI=1S/C25H29ClN2O3/c1-18(29)27(2)24(19-6-4-3-5-7-19)12-14-28(15-13-24)17-21-16-25(21,23(30)31)20-8-10-22(26)11-9-20/h3-11,21H,12-17H2,1-2H3,(H,30,31)/t21-,25+/m0/s1. The molecule has 1 saturated heterocycles. The fraction of sp³-hybridized carbons (Fsp3) is 0.440. The van der Waals surface area contributed by atoms with Crippen LogP contribution in [-0.4, -0.2) is 53.5 Å². The van der Waals surface area contributed by atoms with Gasteiger partial charge in [0, 0.05) is 38.6 Å². The molecule has 2 aromatic carbocycles. The number of aliphatic carboxylic acids is 1. The highest BCUT2D eigenvalue weighted by atomic mass is 35.5. The number of amides is 1. The van der Waals surface area contributed by atoms with E-state index in [0.29, 0.717) is 11.4 Å². The van der Waals surface area contributed by atoms with E-state index >= 15 is 0 Å². The van der Waals surface area contributed by atoms with Crippen molar-refractivity contribution in [2.24, 2.45) is 5.92 Å². The van der Waals surface area contributed by atoms with Crippen molar-refractivity contribution in [3.05, 3.63) is 70.7 Å². The zero-order valence-electron chi connectivity index (χ0n) is 18.1. The molecule has 31 heavy (non-hydrogen) atoms. The van der Waals surface area contributed by atoms with Gasteiger partial charge in [-0.05, 0) is 48.4 Å². The Kier molecular flexibility index (Phi) is 5.84. The number of rotatable bonds is 6. The molecule has 1 N–H and O–H groups in total. The summed E-state index contributed by atoms with van der Waals surface area (Å²) in [5.41, 5.74) is 0.878. The Bertz CT molecular complexity index is 954. The fourth-order valence-electron chi connectivity index (χ4n) is 5.32. The van der Waals surface area contributed by atoms with Gasteiger partial charge in [0.25, 0.3) is 0 Å². The van der Waals surface area contributed by atoms with E-state index in [0.717, 1.165) is 38.0 Å². The summed E-state index contributed by atoms with van der Waals surface area (Å²) >= 11 is 6.00. The maximum Gasteiger partial charge on any atom is 0.314 e. The maximum atomic E-state index is 12.3. The molecule has 0 unspecified atom stereocenters. The van der Waals surface area contributed by atoms with Crippen LogP contribution in [0.4, 0.5) is 0 Å². The first-order chi connectivity index (χ1) is 14.8. The molecule has 0 spiro atoms. The molecule has 1 heterocycles. The minimum atomic E-state index is -0.811. The molecule has 1 amide bonds. The summed E-state index contributed by atoms with van der Waals surface area (Å²) < 4.78 is 0. The smallest absolute Gasteiger partial charge is 0.314 e. The molecule has 2 aromatic rings. The molecule has 2 atom stereocenters. The van der Waals surface area contributed by atoms with Crippen LogP contribution < -0.4 is 0 Å². The second-order valence-electron chi connectivity index (χ2n) is 8.96. The van der Waals surface area contributed by atoms with E-state index in [4.69, 9.17) is 11.6 Å². The number of carboxylic acids is 1. The maximum absolute atomic E-state index is 12.3. The van der Waals surface area contributed by atoms with Crippen LogP contribution in [0.1, 0.15) is 37.3 Å². The van der Waals surface area contributed by atoms with Gasteiger partial charge in [-0.2, -0.15) is 0 Å². The molecule has 164 valence electrons. The zero-order chi connectivity index (χ0) is 22.2. The number of nitrogens with zero attached hydrogens (tertiary/aromatic N) is 2. The van der Waals surface area contributed by atoms with Crippen molar-refractivity contribution in [2.45, 2.75) is 37.1 Å². The Morgan fingerprint density at radius 1 is 1.06 bits per heavy atom. The average molecular weight is 441 g/mol. The van der Waals surface area contributed by atoms with E-state index in [-0.39, 0.29) is 17.4 Å². The van der Waals surface area contributed by atoms with Crippen molar-refractivity contribution < 1.29 is 14.7 Å². The van der Waals surface area contributed by atoms with Crippen molar-refractivity contribution in [1.82, 2.24) is 9.80 Å². The average Bonchev–Trinajstić information content (AvgIpc) is 3.50. The van der Waals surface area contributed by atoms with Crippen LogP contribution in [0.15, 0.2) is 54.6 Å². The molecule has 2 fully saturated rings. The molecule has 1 aliphatic heterocycles. The van der Waals surface area contributed by atoms with Crippen molar-refractivity contribution in [3.8, 4) is 0 Å². The van der Waals surface area contributed by atoms with E-state index in [1.54, 1.807) is 19.1 Å². The predicted octanol–water partition coefficient (Wildman–Crippen LogP) is 4.15. The van der Waals surface area contributed by atoms with Crippen molar-refractivity contribution in [2.75, 3.05) is 26.7 Å². The van der Waals surface area contributed by atoms with Gasteiger partial charge >= 0.3 is 5.97 Å². The fourth-order valence-corrected chi connectivity index (χ4v) is 5.45. The number of carboxylic acid groups (broad SMARTS) is 1. The van der Waals surface area contributed by atoms with Crippen LogP contribution in [0, 0.1) is 5.92 Å². The predicted molar refractivity (Wildman–Crippen MR) is 121 cm³/mol. The minimum Gasteiger partial charge on any atom is -0.481 e. The molecule has 2 aliphatic rings. The lowest BCUT2D eigenvalue weighted by Gasteiger charge is -2.47. The largest absolute Gasteiger partial charge is 0.481 e. The summed E-state index contributed by atoms with van der Waals surface area (Å²) in [5, 5.41) is 10.6.